The molecule has 5 heteroatoms. The van der Waals surface area contributed by atoms with E-state index in [1.165, 1.54) is 0 Å². The zero-order valence-electron chi connectivity index (χ0n) is 10.7. The minimum atomic E-state index is -0.577. The van der Waals surface area contributed by atoms with E-state index in [4.69, 9.17) is 9.47 Å². The summed E-state index contributed by atoms with van der Waals surface area (Å²) in [7, 11) is 0. The first-order valence-electron chi connectivity index (χ1n) is 6.46. The van der Waals surface area contributed by atoms with Crippen molar-refractivity contribution in [3.05, 3.63) is 35.9 Å². The summed E-state index contributed by atoms with van der Waals surface area (Å²) >= 11 is 0. The van der Waals surface area contributed by atoms with Gasteiger partial charge in [0.1, 0.15) is 6.61 Å². The Hall–Kier alpha value is -1.59. The maximum absolute atomic E-state index is 11.5. The van der Waals surface area contributed by atoms with Crippen LogP contribution in [-0.4, -0.2) is 37.1 Å². The molecular weight excluding hydrogens is 246 g/mol. The molecule has 2 N–H and O–H groups in total. The largest absolute Gasteiger partial charge is 0.445 e. The Morgan fingerprint density at radius 2 is 2.26 bits per heavy atom. The molecule has 1 aromatic carbocycles. The minimum Gasteiger partial charge on any atom is -0.445 e. The van der Waals surface area contributed by atoms with Crippen LogP contribution >= 0.6 is 0 Å². The smallest absolute Gasteiger partial charge is 0.407 e. The summed E-state index contributed by atoms with van der Waals surface area (Å²) in [6.45, 7) is 1.67. The van der Waals surface area contributed by atoms with Gasteiger partial charge in [0.2, 0.25) is 0 Å². The number of nitrogens with one attached hydrogen (secondary N) is 1. The molecule has 1 aliphatic heterocycles. The van der Waals surface area contributed by atoms with Crippen LogP contribution in [0.2, 0.25) is 0 Å². The van der Waals surface area contributed by atoms with Gasteiger partial charge in [-0.15, -0.1) is 0 Å². The van der Waals surface area contributed by atoms with E-state index in [2.05, 4.69) is 5.32 Å². The van der Waals surface area contributed by atoms with Crippen molar-refractivity contribution in [3.63, 3.8) is 0 Å². The monoisotopic (exact) mass is 265 g/mol. The Bertz CT molecular complexity index is 390. The third-order valence-corrected chi connectivity index (χ3v) is 3.18. The molecule has 1 amide bonds. The Kier molecular flexibility index (Phi) is 5.18. The lowest BCUT2D eigenvalue weighted by atomic mass is 10.0. The maximum Gasteiger partial charge on any atom is 0.407 e. The van der Waals surface area contributed by atoms with Crippen molar-refractivity contribution in [2.24, 2.45) is 5.92 Å². The SMILES string of the molecule is O=C(NCC(O)C1CCOC1)OCc1ccccc1. The molecule has 104 valence electrons. The Labute approximate surface area is 112 Å². The van der Waals surface area contributed by atoms with Crippen molar-refractivity contribution in [2.45, 2.75) is 19.1 Å². The van der Waals surface area contributed by atoms with Gasteiger partial charge < -0.3 is 19.9 Å². The van der Waals surface area contributed by atoms with Crippen LogP contribution in [0, 0.1) is 5.92 Å². The van der Waals surface area contributed by atoms with Crippen molar-refractivity contribution in [2.75, 3.05) is 19.8 Å². The van der Waals surface area contributed by atoms with Crippen LogP contribution in [0.25, 0.3) is 0 Å². The summed E-state index contributed by atoms with van der Waals surface area (Å²) in [5.41, 5.74) is 0.933. The molecule has 0 aromatic heterocycles. The van der Waals surface area contributed by atoms with E-state index in [0.29, 0.717) is 13.2 Å². The van der Waals surface area contributed by atoms with Crippen LogP contribution in [0.5, 0.6) is 0 Å². The van der Waals surface area contributed by atoms with Gasteiger partial charge in [0.25, 0.3) is 0 Å². The summed E-state index contributed by atoms with van der Waals surface area (Å²) in [6.07, 6.45) is -0.254. The van der Waals surface area contributed by atoms with Crippen molar-refractivity contribution in [1.29, 1.82) is 0 Å². The van der Waals surface area contributed by atoms with Crippen LogP contribution in [0.15, 0.2) is 30.3 Å². The molecule has 1 aromatic rings. The van der Waals surface area contributed by atoms with E-state index < -0.39 is 12.2 Å². The van der Waals surface area contributed by atoms with E-state index in [9.17, 15) is 9.90 Å². The summed E-state index contributed by atoms with van der Waals surface area (Å²) < 4.78 is 10.2. The van der Waals surface area contributed by atoms with Gasteiger partial charge in [-0.1, -0.05) is 30.3 Å². The molecule has 1 aliphatic rings. The van der Waals surface area contributed by atoms with Crippen LogP contribution in [-0.2, 0) is 16.1 Å². The number of amides is 1. The second kappa shape index (κ2) is 7.11. The molecule has 0 saturated carbocycles. The average Bonchev–Trinajstić information content (AvgIpc) is 2.98. The first-order chi connectivity index (χ1) is 9.25. The van der Waals surface area contributed by atoms with Crippen molar-refractivity contribution in [3.8, 4) is 0 Å². The highest BCUT2D eigenvalue weighted by Crippen LogP contribution is 2.16. The fourth-order valence-corrected chi connectivity index (χ4v) is 1.98. The predicted molar refractivity (Wildman–Crippen MR) is 69.6 cm³/mol. The Morgan fingerprint density at radius 3 is 2.95 bits per heavy atom. The molecule has 0 bridgehead atoms. The third kappa shape index (κ3) is 4.54. The fraction of sp³-hybridized carbons (Fsp3) is 0.500. The number of ether oxygens (including phenoxy) is 2. The molecule has 2 atom stereocenters. The molecule has 0 aliphatic carbocycles. The summed E-state index contributed by atoms with van der Waals surface area (Å²) in [4.78, 5) is 11.5. The number of benzene rings is 1. The van der Waals surface area contributed by atoms with E-state index in [-0.39, 0.29) is 19.1 Å². The van der Waals surface area contributed by atoms with E-state index in [1.807, 2.05) is 30.3 Å². The van der Waals surface area contributed by atoms with Crippen LogP contribution in [0.1, 0.15) is 12.0 Å². The van der Waals surface area contributed by atoms with Gasteiger partial charge >= 0.3 is 6.09 Å². The highest BCUT2D eigenvalue weighted by molar-refractivity contribution is 5.67. The van der Waals surface area contributed by atoms with Gasteiger partial charge in [0.05, 0.1) is 12.7 Å². The lowest BCUT2D eigenvalue weighted by Crippen LogP contribution is -2.36. The molecule has 1 saturated heterocycles. The third-order valence-electron chi connectivity index (χ3n) is 3.18. The van der Waals surface area contributed by atoms with Crippen LogP contribution in [0.4, 0.5) is 4.79 Å². The first kappa shape index (κ1) is 13.8. The second-order valence-electron chi connectivity index (χ2n) is 4.63. The van der Waals surface area contributed by atoms with E-state index in [0.717, 1.165) is 12.0 Å². The van der Waals surface area contributed by atoms with E-state index in [1.54, 1.807) is 0 Å². The zero-order chi connectivity index (χ0) is 13.5. The number of aliphatic hydroxyl groups excluding tert-OH is 1. The number of carbonyl (C=O) groups excluding carboxylic acids is 1. The molecule has 0 radical (unpaired) electrons. The highest BCUT2D eigenvalue weighted by atomic mass is 16.5. The second-order valence-corrected chi connectivity index (χ2v) is 4.63. The molecule has 19 heavy (non-hydrogen) atoms. The van der Waals surface area contributed by atoms with E-state index >= 15 is 0 Å². The number of alkyl carbamates (subject to hydrolysis) is 1. The zero-order valence-corrected chi connectivity index (χ0v) is 10.7. The summed E-state index contributed by atoms with van der Waals surface area (Å²) in [5.74, 6) is 0.106. The minimum absolute atomic E-state index is 0.106. The first-order valence-corrected chi connectivity index (χ1v) is 6.46. The number of carbonyl (C=O) groups is 1. The van der Waals surface area contributed by atoms with Gasteiger partial charge in [-0.05, 0) is 12.0 Å². The molecule has 0 spiro atoms. The normalized spacial score (nSPS) is 19.9. The molecule has 1 heterocycles. The standard InChI is InChI=1S/C14H19NO4/c16-13(12-6-7-18-10-12)8-15-14(17)19-9-11-4-2-1-3-5-11/h1-5,12-13,16H,6-10H2,(H,15,17). The number of hydrogen-bond donors (Lipinski definition) is 2. The topological polar surface area (TPSA) is 67.8 Å². The van der Waals surface area contributed by atoms with Crippen LogP contribution in [0.3, 0.4) is 0 Å². The van der Waals surface area contributed by atoms with Gasteiger partial charge in [0, 0.05) is 19.1 Å². The molecule has 2 unspecified atom stereocenters. The Balaban J connectivity index is 1.64. The van der Waals surface area contributed by atoms with Gasteiger partial charge in [-0.25, -0.2) is 4.79 Å². The van der Waals surface area contributed by atoms with Gasteiger partial charge in [0.15, 0.2) is 0 Å². The highest BCUT2D eigenvalue weighted by Gasteiger charge is 2.24. The molecular formula is C14H19NO4. The predicted octanol–water partition coefficient (Wildman–Crippen LogP) is 1.31. The number of aliphatic hydroxyl groups is 1. The van der Waals surface area contributed by atoms with Gasteiger partial charge in [-0.3, -0.25) is 0 Å². The summed E-state index contributed by atoms with van der Waals surface area (Å²) in [5, 5.41) is 12.4. The number of rotatable bonds is 5. The summed E-state index contributed by atoms with van der Waals surface area (Å²) in [6, 6.07) is 9.46. The molecule has 5 nitrogen and oxygen atoms in total. The molecule has 1 fully saturated rings. The van der Waals surface area contributed by atoms with Gasteiger partial charge in [-0.2, -0.15) is 0 Å². The van der Waals surface area contributed by atoms with Crippen LogP contribution < -0.4 is 5.32 Å². The average molecular weight is 265 g/mol. The fourth-order valence-electron chi connectivity index (χ4n) is 1.98. The maximum atomic E-state index is 11.5. The Morgan fingerprint density at radius 1 is 1.47 bits per heavy atom. The number of hydrogen-bond acceptors (Lipinski definition) is 4. The van der Waals surface area contributed by atoms with Crippen molar-refractivity contribution < 1.29 is 19.4 Å². The quantitative estimate of drug-likeness (QED) is 0.842. The lowest BCUT2D eigenvalue weighted by Gasteiger charge is -2.16. The lowest BCUT2D eigenvalue weighted by molar-refractivity contribution is 0.0843. The molecule has 2 rings (SSSR count). The van der Waals surface area contributed by atoms with Crippen molar-refractivity contribution >= 4 is 6.09 Å². The van der Waals surface area contributed by atoms with Crippen molar-refractivity contribution in [1.82, 2.24) is 5.32 Å².